The Hall–Kier alpha value is -2.41. The fraction of sp³-hybridized carbons (Fsp3) is 0.500. The van der Waals surface area contributed by atoms with Gasteiger partial charge in [0.2, 0.25) is 5.91 Å². The second-order valence-corrected chi connectivity index (χ2v) is 9.33. The summed E-state index contributed by atoms with van der Waals surface area (Å²) in [6.45, 7) is 9.43. The van der Waals surface area contributed by atoms with Crippen molar-refractivity contribution in [2.75, 3.05) is 25.0 Å². The Labute approximate surface area is 176 Å². The Kier molecular flexibility index (Phi) is 6.57. The maximum Gasteiger partial charge on any atom is 0.260 e. The zero-order valence-corrected chi connectivity index (χ0v) is 18.3. The van der Waals surface area contributed by atoms with E-state index >= 15 is 0 Å². The number of ether oxygens (including phenoxy) is 1. The minimum Gasteiger partial charge on any atom is -0.483 e. The number of hydrogen-bond acceptors (Lipinski definition) is 5. The summed E-state index contributed by atoms with van der Waals surface area (Å²) >= 11 is 1.43. The number of aryl methyl sites for hydroxylation is 1. The van der Waals surface area contributed by atoms with Crippen molar-refractivity contribution in [2.45, 2.75) is 46.0 Å². The summed E-state index contributed by atoms with van der Waals surface area (Å²) in [7, 11) is 0. The van der Waals surface area contributed by atoms with Gasteiger partial charge in [-0.05, 0) is 36.8 Å². The molecule has 7 heteroatoms. The number of anilines is 1. The number of nitrogens with one attached hydrogen (secondary N) is 1. The zero-order valence-electron chi connectivity index (χ0n) is 17.5. The molecule has 1 saturated heterocycles. The Balaban J connectivity index is 1.49. The molecular weight excluding hydrogens is 386 g/mol. The van der Waals surface area contributed by atoms with Crippen LogP contribution in [0.2, 0.25) is 0 Å². The van der Waals surface area contributed by atoms with Crippen LogP contribution < -0.4 is 10.1 Å². The van der Waals surface area contributed by atoms with Gasteiger partial charge in [0.1, 0.15) is 5.75 Å². The number of piperidine rings is 1. The van der Waals surface area contributed by atoms with E-state index in [0.29, 0.717) is 31.1 Å². The Bertz CT molecular complexity index is 864. The Morgan fingerprint density at radius 2 is 1.93 bits per heavy atom. The maximum absolute atomic E-state index is 12.6. The molecule has 1 fully saturated rings. The summed E-state index contributed by atoms with van der Waals surface area (Å²) in [5.74, 6) is 0.608. The van der Waals surface area contributed by atoms with Gasteiger partial charge in [-0.25, -0.2) is 4.98 Å². The molecule has 0 radical (unpaired) electrons. The molecule has 0 unspecified atom stereocenters. The van der Waals surface area contributed by atoms with Gasteiger partial charge in [-0.15, -0.1) is 11.3 Å². The molecule has 156 valence electrons. The van der Waals surface area contributed by atoms with E-state index in [9.17, 15) is 9.59 Å². The summed E-state index contributed by atoms with van der Waals surface area (Å²) in [6.07, 6.45) is 1.31. The van der Waals surface area contributed by atoms with Gasteiger partial charge in [0.15, 0.2) is 11.7 Å². The number of rotatable bonds is 5. The van der Waals surface area contributed by atoms with Crippen molar-refractivity contribution >= 4 is 28.3 Å². The summed E-state index contributed by atoms with van der Waals surface area (Å²) in [4.78, 5) is 31.1. The molecule has 3 rings (SSSR count). The number of carbonyl (C=O) groups excluding carboxylic acids is 2. The quantitative estimate of drug-likeness (QED) is 0.801. The fourth-order valence-electron chi connectivity index (χ4n) is 3.45. The normalized spacial score (nSPS) is 15.2. The highest BCUT2D eigenvalue weighted by molar-refractivity contribution is 7.13. The van der Waals surface area contributed by atoms with Crippen LogP contribution in [0.3, 0.4) is 0 Å². The monoisotopic (exact) mass is 415 g/mol. The third-order valence-electron chi connectivity index (χ3n) is 5.11. The van der Waals surface area contributed by atoms with Gasteiger partial charge in [0.05, 0.1) is 5.69 Å². The zero-order chi connectivity index (χ0) is 21.0. The highest BCUT2D eigenvalue weighted by Crippen LogP contribution is 2.31. The lowest BCUT2D eigenvalue weighted by Gasteiger charge is -2.31. The van der Waals surface area contributed by atoms with Crippen molar-refractivity contribution in [1.29, 1.82) is 0 Å². The highest BCUT2D eigenvalue weighted by Gasteiger charge is 2.28. The van der Waals surface area contributed by atoms with Gasteiger partial charge in [0.25, 0.3) is 5.91 Å². The molecule has 1 aliphatic heterocycles. The lowest BCUT2D eigenvalue weighted by atomic mass is 9.86. The lowest BCUT2D eigenvalue weighted by Crippen LogP contribution is -2.43. The van der Waals surface area contributed by atoms with Crippen molar-refractivity contribution in [1.82, 2.24) is 9.88 Å². The van der Waals surface area contributed by atoms with Crippen molar-refractivity contribution < 1.29 is 14.3 Å². The molecular formula is C22H29N3O3S. The summed E-state index contributed by atoms with van der Waals surface area (Å²) in [5.41, 5.74) is 1.93. The maximum atomic E-state index is 12.6. The molecule has 0 saturated carbocycles. The first-order valence-corrected chi connectivity index (χ1v) is 10.8. The van der Waals surface area contributed by atoms with Crippen LogP contribution >= 0.6 is 11.3 Å². The minimum absolute atomic E-state index is 0.0122. The lowest BCUT2D eigenvalue weighted by molar-refractivity contribution is -0.136. The fourth-order valence-corrected chi connectivity index (χ4v) is 4.14. The molecule has 2 amide bonds. The van der Waals surface area contributed by atoms with Gasteiger partial charge < -0.3 is 15.0 Å². The number of thiazole rings is 1. The van der Waals surface area contributed by atoms with Crippen molar-refractivity contribution in [2.24, 2.45) is 5.92 Å². The van der Waals surface area contributed by atoms with E-state index in [1.54, 1.807) is 4.90 Å². The average molecular weight is 416 g/mol. The van der Waals surface area contributed by atoms with E-state index in [2.05, 4.69) is 31.1 Å². The van der Waals surface area contributed by atoms with Crippen LogP contribution in [0.4, 0.5) is 5.13 Å². The molecule has 0 spiro atoms. The summed E-state index contributed by atoms with van der Waals surface area (Å²) in [6, 6.07) is 7.85. The predicted octanol–water partition coefficient (Wildman–Crippen LogP) is 4.01. The standard InChI is InChI=1S/C22H29N3O3S/c1-15-14-29-21(23-15)24-20(27)16-9-11-25(12-10-16)19(26)13-28-18-8-6-5-7-17(18)22(2,3)4/h5-8,14,16H,9-13H2,1-4H3,(H,23,24,27). The second kappa shape index (κ2) is 8.95. The Morgan fingerprint density at radius 1 is 1.24 bits per heavy atom. The second-order valence-electron chi connectivity index (χ2n) is 8.47. The first kappa shape index (κ1) is 21.3. The number of hydrogen-bond donors (Lipinski definition) is 1. The molecule has 2 aromatic rings. The molecule has 1 aromatic carbocycles. The molecule has 0 bridgehead atoms. The number of nitrogens with zero attached hydrogens (tertiary/aromatic N) is 2. The highest BCUT2D eigenvalue weighted by atomic mass is 32.1. The topological polar surface area (TPSA) is 71.5 Å². The van der Waals surface area contributed by atoms with Crippen LogP contribution in [-0.2, 0) is 15.0 Å². The number of amides is 2. The van der Waals surface area contributed by atoms with Crippen LogP contribution in [0.25, 0.3) is 0 Å². The van der Waals surface area contributed by atoms with E-state index in [4.69, 9.17) is 4.74 Å². The van der Waals surface area contributed by atoms with Crippen LogP contribution in [0.5, 0.6) is 5.75 Å². The molecule has 29 heavy (non-hydrogen) atoms. The molecule has 1 aliphatic rings. The van der Waals surface area contributed by atoms with Crippen molar-refractivity contribution in [3.8, 4) is 5.75 Å². The van der Waals surface area contributed by atoms with E-state index in [-0.39, 0.29) is 29.8 Å². The van der Waals surface area contributed by atoms with Gasteiger partial charge in [-0.1, -0.05) is 39.0 Å². The summed E-state index contributed by atoms with van der Waals surface area (Å²) < 4.78 is 5.86. The number of para-hydroxylation sites is 1. The molecule has 6 nitrogen and oxygen atoms in total. The first-order chi connectivity index (χ1) is 13.7. The average Bonchev–Trinajstić information content (AvgIpc) is 3.10. The van der Waals surface area contributed by atoms with Crippen LogP contribution in [-0.4, -0.2) is 41.4 Å². The number of aromatic nitrogens is 1. The van der Waals surface area contributed by atoms with E-state index in [1.807, 2.05) is 36.6 Å². The Morgan fingerprint density at radius 3 is 2.55 bits per heavy atom. The van der Waals surface area contributed by atoms with E-state index < -0.39 is 0 Å². The van der Waals surface area contributed by atoms with Crippen LogP contribution in [0.15, 0.2) is 29.6 Å². The molecule has 1 N–H and O–H groups in total. The molecule has 2 heterocycles. The predicted molar refractivity (Wildman–Crippen MR) is 115 cm³/mol. The summed E-state index contributed by atoms with van der Waals surface area (Å²) in [5, 5.41) is 5.43. The van der Waals surface area contributed by atoms with Gasteiger partial charge in [-0.3, -0.25) is 9.59 Å². The number of likely N-dealkylation sites (tertiary alicyclic amines) is 1. The van der Waals surface area contributed by atoms with Gasteiger partial charge in [-0.2, -0.15) is 0 Å². The number of carbonyl (C=O) groups is 2. The SMILES string of the molecule is Cc1csc(NC(=O)C2CCN(C(=O)COc3ccccc3C(C)(C)C)CC2)n1. The third-order valence-corrected chi connectivity index (χ3v) is 5.99. The molecule has 0 atom stereocenters. The van der Waals surface area contributed by atoms with Gasteiger partial charge >= 0.3 is 0 Å². The van der Waals surface area contributed by atoms with E-state index in [0.717, 1.165) is 17.0 Å². The van der Waals surface area contributed by atoms with Gasteiger partial charge in [0, 0.05) is 24.4 Å². The third kappa shape index (κ3) is 5.56. The van der Waals surface area contributed by atoms with Crippen LogP contribution in [0.1, 0.15) is 44.9 Å². The van der Waals surface area contributed by atoms with Crippen LogP contribution in [0, 0.1) is 12.8 Å². The largest absolute Gasteiger partial charge is 0.483 e. The van der Waals surface area contributed by atoms with Crippen molar-refractivity contribution in [3.63, 3.8) is 0 Å². The molecule has 0 aliphatic carbocycles. The first-order valence-electron chi connectivity index (χ1n) is 9.97. The minimum atomic E-state index is -0.0919. The molecule has 1 aromatic heterocycles. The van der Waals surface area contributed by atoms with Crippen molar-refractivity contribution in [3.05, 3.63) is 40.9 Å². The number of benzene rings is 1. The van der Waals surface area contributed by atoms with E-state index in [1.165, 1.54) is 11.3 Å². The smallest absolute Gasteiger partial charge is 0.260 e.